The highest BCUT2D eigenvalue weighted by Gasteiger charge is 2.22. The predicted molar refractivity (Wildman–Crippen MR) is 56.1 cm³/mol. The fraction of sp³-hybridized carbons (Fsp3) is 0.727. The minimum Gasteiger partial charge on any atom is -0.293 e. The minimum atomic E-state index is -0.732. The molecule has 13 heavy (non-hydrogen) atoms. The molecular weight excluding hydrogens is 184 g/mol. The van der Waals surface area contributed by atoms with E-state index in [1.54, 1.807) is 19.9 Å². The molecule has 1 rings (SSSR count). The fourth-order valence-electron chi connectivity index (χ4n) is 1.51. The van der Waals surface area contributed by atoms with Gasteiger partial charge in [0.1, 0.15) is 4.87 Å². The third-order valence-corrected chi connectivity index (χ3v) is 2.60. The van der Waals surface area contributed by atoms with E-state index in [1.165, 1.54) is 24.8 Å². The fourth-order valence-corrected chi connectivity index (χ4v) is 1.56. The maximum Gasteiger partial charge on any atom is 0.175 e. The molecule has 74 valence electrons. The van der Waals surface area contributed by atoms with Crippen molar-refractivity contribution >= 4 is 17.4 Å². The molecule has 1 aliphatic carbocycles. The van der Waals surface area contributed by atoms with Gasteiger partial charge in [-0.15, -0.1) is 11.6 Å². The number of hydrogen-bond donors (Lipinski definition) is 0. The van der Waals surface area contributed by atoms with Gasteiger partial charge in [0, 0.05) is 0 Å². The van der Waals surface area contributed by atoms with Crippen molar-refractivity contribution in [2.24, 2.45) is 0 Å². The number of allylic oxidation sites excluding steroid dienone is 2. The molecule has 0 heterocycles. The first-order valence-electron chi connectivity index (χ1n) is 4.93. The summed E-state index contributed by atoms with van der Waals surface area (Å²) >= 11 is 5.91. The van der Waals surface area contributed by atoms with E-state index in [2.05, 4.69) is 0 Å². The van der Waals surface area contributed by atoms with Gasteiger partial charge in [-0.1, -0.05) is 12.0 Å². The molecule has 0 aliphatic heterocycles. The number of carbonyl (C=O) groups is 1. The molecule has 0 aromatic rings. The Kier molecular flexibility index (Phi) is 3.55. The van der Waals surface area contributed by atoms with Crippen LogP contribution in [0.3, 0.4) is 0 Å². The quantitative estimate of drug-likeness (QED) is 0.493. The molecule has 1 aliphatic rings. The van der Waals surface area contributed by atoms with E-state index in [4.69, 9.17) is 11.6 Å². The molecule has 1 saturated carbocycles. The van der Waals surface area contributed by atoms with Crippen LogP contribution < -0.4 is 0 Å². The first-order valence-corrected chi connectivity index (χ1v) is 5.31. The van der Waals surface area contributed by atoms with Crippen LogP contribution in [0.2, 0.25) is 0 Å². The maximum absolute atomic E-state index is 11.5. The summed E-state index contributed by atoms with van der Waals surface area (Å²) < 4.78 is 0. The summed E-state index contributed by atoms with van der Waals surface area (Å²) in [7, 11) is 0. The first-order chi connectivity index (χ1) is 6.00. The van der Waals surface area contributed by atoms with Crippen LogP contribution in [0.15, 0.2) is 11.6 Å². The Bertz CT molecular complexity index is 215. The smallest absolute Gasteiger partial charge is 0.175 e. The zero-order valence-corrected chi connectivity index (χ0v) is 9.16. The second-order valence-corrected chi connectivity index (χ2v) is 5.14. The number of halogens is 1. The lowest BCUT2D eigenvalue weighted by atomic mass is 9.92. The third kappa shape index (κ3) is 3.51. The largest absolute Gasteiger partial charge is 0.293 e. The zero-order valence-electron chi connectivity index (χ0n) is 8.40. The van der Waals surface area contributed by atoms with Crippen molar-refractivity contribution in [2.75, 3.05) is 0 Å². The highest BCUT2D eigenvalue weighted by Crippen LogP contribution is 2.24. The summed E-state index contributed by atoms with van der Waals surface area (Å²) in [6, 6.07) is 0. The third-order valence-electron chi connectivity index (χ3n) is 2.42. The molecule has 2 heteroatoms. The summed E-state index contributed by atoms with van der Waals surface area (Å²) in [5.74, 6) is 0.0473. The summed E-state index contributed by atoms with van der Waals surface area (Å²) in [5, 5.41) is 0. The van der Waals surface area contributed by atoms with Crippen LogP contribution in [0.4, 0.5) is 0 Å². The monoisotopic (exact) mass is 200 g/mol. The summed E-state index contributed by atoms with van der Waals surface area (Å²) in [6.45, 7) is 3.49. The van der Waals surface area contributed by atoms with E-state index in [0.29, 0.717) is 0 Å². The maximum atomic E-state index is 11.5. The highest BCUT2D eigenvalue weighted by atomic mass is 35.5. The second-order valence-electron chi connectivity index (χ2n) is 4.20. The molecule has 0 radical (unpaired) electrons. The van der Waals surface area contributed by atoms with Gasteiger partial charge in [-0.05, 0) is 45.6 Å². The Labute approximate surface area is 85.2 Å². The van der Waals surface area contributed by atoms with Crippen LogP contribution in [-0.2, 0) is 4.79 Å². The molecule has 0 unspecified atom stereocenters. The number of carbonyl (C=O) groups excluding carboxylic acids is 1. The van der Waals surface area contributed by atoms with Crippen LogP contribution in [0.5, 0.6) is 0 Å². The standard InChI is InChI=1S/C11H17ClO/c1-11(2,12)10(13)8-9-6-4-3-5-7-9/h8H,3-7H2,1-2H3. The molecule has 1 fully saturated rings. The van der Waals surface area contributed by atoms with Gasteiger partial charge in [0.05, 0.1) is 0 Å². The molecule has 0 spiro atoms. The van der Waals surface area contributed by atoms with E-state index < -0.39 is 4.87 Å². The van der Waals surface area contributed by atoms with Gasteiger partial charge in [0.15, 0.2) is 5.78 Å². The number of alkyl halides is 1. The van der Waals surface area contributed by atoms with Crippen molar-refractivity contribution in [1.29, 1.82) is 0 Å². The number of rotatable bonds is 2. The lowest BCUT2D eigenvalue weighted by molar-refractivity contribution is -0.116. The van der Waals surface area contributed by atoms with Crippen molar-refractivity contribution in [2.45, 2.75) is 50.8 Å². The van der Waals surface area contributed by atoms with E-state index >= 15 is 0 Å². The van der Waals surface area contributed by atoms with Gasteiger partial charge >= 0.3 is 0 Å². The zero-order chi connectivity index (χ0) is 9.90. The van der Waals surface area contributed by atoms with Gasteiger partial charge < -0.3 is 0 Å². The van der Waals surface area contributed by atoms with Crippen LogP contribution in [0.1, 0.15) is 46.0 Å². The van der Waals surface area contributed by atoms with Gasteiger partial charge in [-0.25, -0.2) is 0 Å². The Morgan fingerprint density at radius 1 is 1.31 bits per heavy atom. The molecule has 0 bridgehead atoms. The molecule has 0 amide bonds. The van der Waals surface area contributed by atoms with Crippen molar-refractivity contribution in [1.82, 2.24) is 0 Å². The van der Waals surface area contributed by atoms with E-state index in [9.17, 15) is 4.79 Å². The Hall–Kier alpha value is -0.300. The van der Waals surface area contributed by atoms with Gasteiger partial charge in [0.2, 0.25) is 0 Å². The average molecular weight is 201 g/mol. The Morgan fingerprint density at radius 3 is 2.31 bits per heavy atom. The van der Waals surface area contributed by atoms with Gasteiger partial charge in [-0.3, -0.25) is 4.79 Å². The van der Waals surface area contributed by atoms with Crippen molar-refractivity contribution < 1.29 is 4.79 Å². The van der Waals surface area contributed by atoms with Crippen molar-refractivity contribution in [3.05, 3.63) is 11.6 Å². The molecular formula is C11H17ClO. The molecule has 0 saturated heterocycles. The summed E-state index contributed by atoms with van der Waals surface area (Å²) in [6.07, 6.45) is 7.67. The van der Waals surface area contributed by atoms with Crippen molar-refractivity contribution in [3.63, 3.8) is 0 Å². The second kappa shape index (κ2) is 4.28. The number of hydrogen-bond acceptors (Lipinski definition) is 1. The van der Waals surface area contributed by atoms with Gasteiger partial charge in [-0.2, -0.15) is 0 Å². The molecule has 0 aromatic heterocycles. The highest BCUT2D eigenvalue weighted by molar-refractivity contribution is 6.36. The van der Waals surface area contributed by atoms with Crippen molar-refractivity contribution in [3.8, 4) is 0 Å². The van der Waals surface area contributed by atoms with E-state index in [1.807, 2.05) is 0 Å². The molecule has 0 N–H and O–H groups in total. The van der Waals surface area contributed by atoms with E-state index in [-0.39, 0.29) is 5.78 Å². The molecule has 0 atom stereocenters. The van der Waals surface area contributed by atoms with Crippen LogP contribution >= 0.6 is 11.6 Å². The predicted octanol–water partition coefficient (Wildman–Crippen LogP) is 3.46. The lowest BCUT2D eigenvalue weighted by Gasteiger charge is -2.16. The normalized spacial score (nSPS) is 18.5. The molecule has 0 aromatic carbocycles. The minimum absolute atomic E-state index is 0.0473. The molecule has 1 nitrogen and oxygen atoms in total. The van der Waals surface area contributed by atoms with Crippen LogP contribution in [0, 0.1) is 0 Å². The van der Waals surface area contributed by atoms with Gasteiger partial charge in [0.25, 0.3) is 0 Å². The Balaban J connectivity index is 2.59. The summed E-state index contributed by atoms with van der Waals surface area (Å²) in [5.41, 5.74) is 1.28. The lowest BCUT2D eigenvalue weighted by Crippen LogP contribution is -2.22. The first kappa shape index (κ1) is 10.8. The average Bonchev–Trinajstić information content (AvgIpc) is 2.04. The van der Waals surface area contributed by atoms with Crippen LogP contribution in [0.25, 0.3) is 0 Å². The SMILES string of the molecule is CC(C)(Cl)C(=O)C=C1CCCCC1. The topological polar surface area (TPSA) is 17.1 Å². The number of ketones is 1. The summed E-state index contributed by atoms with van der Waals surface area (Å²) in [4.78, 5) is 10.8. The van der Waals surface area contributed by atoms with Crippen LogP contribution in [-0.4, -0.2) is 10.7 Å². The van der Waals surface area contributed by atoms with E-state index in [0.717, 1.165) is 12.8 Å². The Morgan fingerprint density at radius 2 is 1.85 bits per heavy atom.